The number of nitrogens with zero attached hydrogens (tertiary/aromatic N) is 4. The molecule has 0 bridgehead atoms. The molecule has 2 aromatic carbocycles. The first-order valence-electron chi connectivity index (χ1n) is 9.65. The third-order valence-electron chi connectivity index (χ3n) is 4.90. The van der Waals surface area contributed by atoms with Crippen molar-refractivity contribution in [3.05, 3.63) is 71.8 Å². The van der Waals surface area contributed by atoms with E-state index in [0.717, 1.165) is 6.07 Å². The van der Waals surface area contributed by atoms with Crippen molar-refractivity contribution in [2.24, 2.45) is 0 Å². The molecule has 0 radical (unpaired) electrons. The number of anilines is 1. The molecule has 0 N–H and O–H groups in total. The van der Waals surface area contributed by atoms with Crippen LogP contribution in [0.25, 0.3) is 0 Å². The van der Waals surface area contributed by atoms with Crippen molar-refractivity contribution in [3.63, 3.8) is 0 Å². The summed E-state index contributed by atoms with van der Waals surface area (Å²) in [7, 11) is -3.83. The Hall–Kier alpha value is -3.49. The summed E-state index contributed by atoms with van der Waals surface area (Å²) in [5.41, 5.74) is 0.0594. The van der Waals surface area contributed by atoms with Crippen LogP contribution >= 0.6 is 0 Å². The fourth-order valence-electron chi connectivity index (χ4n) is 3.29. The summed E-state index contributed by atoms with van der Waals surface area (Å²) in [5, 5.41) is 9.41. The highest BCUT2D eigenvalue weighted by Gasteiger charge is 2.31. The van der Waals surface area contributed by atoms with Crippen molar-refractivity contribution in [3.8, 4) is 11.8 Å². The van der Waals surface area contributed by atoms with Crippen LogP contribution in [0.15, 0.2) is 57.8 Å². The highest BCUT2D eigenvalue weighted by molar-refractivity contribution is 7.89. The van der Waals surface area contributed by atoms with Gasteiger partial charge in [0.2, 0.25) is 27.5 Å². The van der Waals surface area contributed by atoms with Gasteiger partial charge in [0.25, 0.3) is 0 Å². The van der Waals surface area contributed by atoms with Gasteiger partial charge in [-0.1, -0.05) is 6.07 Å². The van der Waals surface area contributed by atoms with Crippen LogP contribution in [0, 0.1) is 23.0 Å². The van der Waals surface area contributed by atoms with Gasteiger partial charge in [0, 0.05) is 26.2 Å². The summed E-state index contributed by atoms with van der Waals surface area (Å²) >= 11 is 0. The lowest BCUT2D eigenvalue weighted by atomic mass is 10.3. The molecule has 8 nitrogen and oxygen atoms in total. The van der Waals surface area contributed by atoms with E-state index in [0.29, 0.717) is 5.75 Å². The highest BCUT2D eigenvalue weighted by atomic mass is 32.2. The van der Waals surface area contributed by atoms with Gasteiger partial charge < -0.3 is 14.1 Å². The minimum Gasteiger partial charge on any atom is -0.484 e. The quantitative estimate of drug-likeness (QED) is 0.558. The molecule has 4 rings (SSSR count). The van der Waals surface area contributed by atoms with Crippen molar-refractivity contribution < 1.29 is 26.4 Å². The number of hydrogen-bond donors (Lipinski definition) is 0. The van der Waals surface area contributed by atoms with E-state index in [4.69, 9.17) is 9.15 Å². The molecule has 1 fully saturated rings. The Kier molecular flexibility index (Phi) is 6.07. The molecule has 32 heavy (non-hydrogen) atoms. The molecule has 11 heteroatoms. The van der Waals surface area contributed by atoms with Crippen molar-refractivity contribution in [1.82, 2.24) is 9.29 Å². The summed E-state index contributed by atoms with van der Waals surface area (Å²) in [6.07, 6.45) is 0. The van der Waals surface area contributed by atoms with Crippen molar-refractivity contribution in [1.29, 1.82) is 5.26 Å². The molecular weight excluding hydrogens is 442 g/mol. The summed E-state index contributed by atoms with van der Waals surface area (Å²) in [4.78, 5) is 5.74. The van der Waals surface area contributed by atoms with E-state index in [9.17, 15) is 22.5 Å². The molecule has 1 aromatic heterocycles. The first-order chi connectivity index (χ1) is 15.4. The SMILES string of the molecule is N#Cc1nc(COc2ccc(F)cc2)oc1N1CCN(S(=O)(=O)c2cccc(F)c2)CC1. The Labute approximate surface area is 183 Å². The Balaban J connectivity index is 1.43. The summed E-state index contributed by atoms with van der Waals surface area (Å²) in [6.45, 7) is 0.721. The molecule has 166 valence electrons. The van der Waals surface area contributed by atoms with Crippen LogP contribution < -0.4 is 9.64 Å². The second-order valence-electron chi connectivity index (χ2n) is 6.96. The van der Waals surface area contributed by atoms with E-state index in [1.165, 1.54) is 46.8 Å². The minimum absolute atomic E-state index is 0.0594. The monoisotopic (exact) mass is 460 g/mol. The predicted molar refractivity (Wildman–Crippen MR) is 109 cm³/mol. The zero-order valence-electron chi connectivity index (χ0n) is 16.7. The van der Waals surface area contributed by atoms with Crippen LogP contribution in [-0.2, 0) is 16.6 Å². The third-order valence-corrected chi connectivity index (χ3v) is 6.79. The number of aromatic nitrogens is 1. The van der Waals surface area contributed by atoms with Gasteiger partial charge in [0.05, 0.1) is 4.90 Å². The molecule has 1 saturated heterocycles. The molecule has 0 amide bonds. The zero-order chi connectivity index (χ0) is 22.7. The number of halogens is 2. The zero-order valence-corrected chi connectivity index (χ0v) is 17.6. The molecule has 2 heterocycles. The number of benzene rings is 2. The van der Waals surface area contributed by atoms with Crippen LogP contribution in [0.5, 0.6) is 5.75 Å². The fourth-order valence-corrected chi connectivity index (χ4v) is 4.74. The van der Waals surface area contributed by atoms with Gasteiger partial charge in [-0.15, -0.1) is 0 Å². The summed E-state index contributed by atoms with van der Waals surface area (Å²) in [6, 6.07) is 12.3. The number of rotatable bonds is 6. The fraction of sp³-hybridized carbons (Fsp3) is 0.238. The lowest BCUT2D eigenvalue weighted by Crippen LogP contribution is -2.48. The second kappa shape index (κ2) is 8.94. The van der Waals surface area contributed by atoms with Gasteiger partial charge in [-0.2, -0.15) is 14.6 Å². The summed E-state index contributed by atoms with van der Waals surface area (Å²) < 4.78 is 64.4. The standard InChI is InChI=1S/C21H18F2N4O4S/c22-15-4-6-17(7-5-15)30-14-20-25-19(13-24)21(31-20)26-8-10-27(11-9-26)32(28,29)18-3-1-2-16(23)12-18/h1-7,12H,8-11,14H2. The van der Waals surface area contributed by atoms with Crippen LogP contribution in [0.2, 0.25) is 0 Å². The minimum atomic E-state index is -3.83. The number of ether oxygens (including phenoxy) is 1. The van der Waals surface area contributed by atoms with Crippen LogP contribution in [0.1, 0.15) is 11.6 Å². The maximum Gasteiger partial charge on any atom is 0.243 e. The normalized spacial score (nSPS) is 14.8. The van der Waals surface area contributed by atoms with E-state index in [-0.39, 0.29) is 61.0 Å². The molecule has 0 aliphatic carbocycles. The molecule has 1 aliphatic rings. The smallest absolute Gasteiger partial charge is 0.243 e. The number of sulfonamides is 1. The Morgan fingerprint density at radius 2 is 1.78 bits per heavy atom. The first kappa shape index (κ1) is 21.7. The van der Waals surface area contributed by atoms with Gasteiger partial charge in [-0.25, -0.2) is 17.2 Å². The highest BCUT2D eigenvalue weighted by Crippen LogP contribution is 2.26. The van der Waals surface area contributed by atoms with Crippen molar-refractivity contribution in [2.45, 2.75) is 11.5 Å². The summed E-state index contributed by atoms with van der Waals surface area (Å²) in [5.74, 6) is -0.203. The molecule has 0 unspecified atom stereocenters. The van der Waals surface area contributed by atoms with Gasteiger partial charge in [0.15, 0.2) is 6.61 Å². The van der Waals surface area contributed by atoms with Gasteiger partial charge in [-0.05, 0) is 42.5 Å². The predicted octanol–water partition coefficient (Wildman–Crippen LogP) is 2.91. The molecular formula is C21H18F2N4O4S. The van der Waals surface area contributed by atoms with E-state index in [2.05, 4.69) is 4.98 Å². The van der Waals surface area contributed by atoms with Gasteiger partial charge >= 0.3 is 0 Å². The molecule has 0 spiro atoms. The largest absolute Gasteiger partial charge is 0.484 e. The number of nitriles is 1. The van der Waals surface area contributed by atoms with Crippen molar-refractivity contribution >= 4 is 15.9 Å². The number of oxazole rings is 1. The average molecular weight is 460 g/mol. The van der Waals surface area contributed by atoms with E-state index in [1.54, 1.807) is 4.90 Å². The molecule has 0 saturated carbocycles. The Morgan fingerprint density at radius 1 is 1.06 bits per heavy atom. The average Bonchev–Trinajstić information content (AvgIpc) is 3.22. The van der Waals surface area contributed by atoms with E-state index in [1.807, 2.05) is 6.07 Å². The topological polar surface area (TPSA) is 99.7 Å². The Morgan fingerprint density at radius 3 is 2.44 bits per heavy atom. The van der Waals surface area contributed by atoms with Gasteiger partial charge in [0.1, 0.15) is 23.5 Å². The number of piperazine rings is 1. The first-order valence-corrected chi connectivity index (χ1v) is 11.1. The van der Waals surface area contributed by atoms with Crippen LogP contribution in [0.4, 0.5) is 14.7 Å². The number of hydrogen-bond acceptors (Lipinski definition) is 7. The molecule has 3 aromatic rings. The maximum atomic E-state index is 13.5. The van der Waals surface area contributed by atoms with Crippen molar-refractivity contribution in [2.75, 3.05) is 31.1 Å². The van der Waals surface area contributed by atoms with Crippen LogP contribution in [-0.4, -0.2) is 43.9 Å². The van der Waals surface area contributed by atoms with E-state index >= 15 is 0 Å². The maximum absolute atomic E-state index is 13.5. The lowest BCUT2D eigenvalue weighted by Gasteiger charge is -2.33. The molecule has 1 aliphatic heterocycles. The lowest BCUT2D eigenvalue weighted by molar-refractivity contribution is 0.262. The van der Waals surface area contributed by atoms with Gasteiger partial charge in [-0.3, -0.25) is 0 Å². The van der Waals surface area contributed by atoms with Crippen LogP contribution in [0.3, 0.4) is 0 Å². The molecule has 0 atom stereocenters. The Bertz CT molecular complexity index is 1250. The van der Waals surface area contributed by atoms with E-state index < -0.39 is 15.8 Å². The second-order valence-corrected chi connectivity index (χ2v) is 8.90. The third kappa shape index (κ3) is 4.56.